The Morgan fingerprint density at radius 2 is 1.79 bits per heavy atom. The number of anilines is 1. The maximum Gasteiger partial charge on any atom is 0.185 e. The third-order valence-corrected chi connectivity index (χ3v) is 9.31. The molecule has 0 unspecified atom stereocenters. The van der Waals surface area contributed by atoms with Crippen LogP contribution in [0.1, 0.15) is 31.7 Å². The van der Waals surface area contributed by atoms with Gasteiger partial charge in [0, 0.05) is 30.1 Å². The molecule has 4 rings (SSSR count). The molecule has 1 aromatic heterocycles. The normalized spacial score (nSPS) is 14.9. The fraction of sp³-hybridized carbons (Fsp3) is 0.400. The van der Waals surface area contributed by atoms with E-state index in [0.29, 0.717) is 37.4 Å². The predicted octanol–water partition coefficient (Wildman–Crippen LogP) is 5.22. The van der Waals surface area contributed by atoms with Gasteiger partial charge in [-0.25, -0.2) is 13.4 Å². The first-order valence-corrected chi connectivity index (χ1v) is 13.6. The van der Waals surface area contributed by atoms with Gasteiger partial charge in [0.1, 0.15) is 16.4 Å². The van der Waals surface area contributed by atoms with Crippen LogP contribution in [0.3, 0.4) is 0 Å². The van der Waals surface area contributed by atoms with Crippen LogP contribution in [0.4, 0.5) is 5.13 Å². The Hall–Kier alpha value is -2.58. The highest BCUT2D eigenvalue weighted by Gasteiger charge is 2.34. The summed E-state index contributed by atoms with van der Waals surface area (Å²) in [7, 11) is -0.481. The van der Waals surface area contributed by atoms with Crippen molar-refractivity contribution in [2.45, 2.75) is 42.8 Å². The Morgan fingerprint density at radius 1 is 1.06 bits per heavy atom. The number of hydrogen-bond donors (Lipinski definition) is 0. The van der Waals surface area contributed by atoms with E-state index in [0.717, 1.165) is 29.2 Å². The highest BCUT2D eigenvalue weighted by atomic mass is 32.2. The molecule has 8 heteroatoms. The summed E-state index contributed by atoms with van der Waals surface area (Å²) in [6.07, 6.45) is 3.33. The van der Waals surface area contributed by atoms with E-state index in [1.165, 1.54) is 12.7 Å². The number of sulfone groups is 1. The standard InChI is InChI=1S/C25H30N2O4S2/c1-4-5-18-6-8-19(9-7-18)22-17-32-25(26-22)27-14-12-21(13-15-27)33(28,29)24-11-10-20(30-2)16-23(24)31-3/h6-11,16-17,21H,4-5,12-15H2,1-3H3. The van der Waals surface area contributed by atoms with Crippen LogP contribution in [0.25, 0.3) is 11.3 Å². The third-order valence-electron chi connectivity index (χ3n) is 6.11. The summed E-state index contributed by atoms with van der Waals surface area (Å²) in [5.41, 5.74) is 3.42. The van der Waals surface area contributed by atoms with E-state index in [-0.39, 0.29) is 4.90 Å². The van der Waals surface area contributed by atoms with Crippen molar-refractivity contribution in [3.05, 3.63) is 53.4 Å². The number of rotatable bonds is 8. The monoisotopic (exact) mass is 486 g/mol. The first-order chi connectivity index (χ1) is 16.0. The number of aryl methyl sites for hydroxylation is 1. The number of hydrogen-bond acceptors (Lipinski definition) is 7. The lowest BCUT2D eigenvalue weighted by molar-refractivity contribution is 0.385. The van der Waals surface area contributed by atoms with Crippen LogP contribution < -0.4 is 14.4 Å². The van der Waals surface area contributed by atoms with E-state index in [1.807, 2.05) is 0 Å². The Labute approximate surface area is 200 Å². The molecule has 1 aliphatic heterocycles. The molecule has 2 aromatic carbocycles. The first kappa shape index (κ1) is 23.6. The van der Waals surface area contributed by atoms with Gasteiger partial charge in [0.15, 0.2) is 15.0 Å². The molecular formula is C25H30N2O4S2. The van der Waals surface area contributed by atoms with Crippen LogP contribution in [0.5, 0.6) is 11.5 Å². The van der Waals surface area contributed by atoms with Gasteiger partial charge in [-0.05, 0) is 37.0 Å². The molecule has 6 nitrogen and oxygen atoms in total. The zero-order valence-corrected chi connectivity index (χ0v) is 20.9. The number of piperidine rings is 1. The molecule has 0 amide bonds. The van der Waals surface area contributed by atoms with Gasteiger partial charge in [-0.15, -0.1) is 11.3 Å². The summed E-state index contributed by atoms with van der Waals surface area (Å²) < 4.78 is 37.2. The summed E-state index contributed by atoms with van der Waals surface area (Å²) in [6, 6.07) is 13.5. The Morgan fingerprint density at radius 3 is 2.42 bits per heavy atom. The van der Waals surface area contributed by atoms with E-state index in [4.69, 9.17) is 14.5 Å². The van der Waals surface area contributed by atoms with Gasteiger partial charge in [0.25, 0.3) is 0 Å². The molecule has 33 heavy (non-hydrogen) atoms. The SMILES string of the molecule is CCCc1ccc(-c2csc(N3CCC(S(=O)(=O)c4ccc(OC)cc4OC)CC3)n2)cc1. The van der Waals surface area contributed by atoms with Gasteiger partial charge in [0.05, 0.1) is 25.2 Å². The highest BCUT2D eigenvalue weighted by Crippen LogP contribution is 2.35. The summed E-state index contributed by atoms with van der Waals surface area (Å²) >= 11 is 1.61. The van der Waals surface area contributed by atoms with Crippen LogP contribution in [0, 0.1) is 0 Å². The van der Waals surface area contributed by atoms with Crippen LogP contribution in [0.15, 0.2) is 52.7 Å². The van der Waals surface area contributed by atoms with Crippen molar-refractivity contribution < 1.29 is 17.9 Å². The molecule has 1 fully saturated rings. The molecule has 0 radical (unpaired) electrons. The predicted molar refractivity (Wildman–Crippen MR) is 134 cm³/mol. The molecule has 0 spiro atoms. The van der Waals surface area contributed by atoms with E-state index in [9.17, 15) is 8.42 Å². The van der Waals surface area contributed by atoms with Gasteiger partial charge in [-0.1, -0.05) is 37.6 Å². The van der Waals surface area contributed by atoms with Crippen molar-refractivity contribution in [1.82, 2.24) is 4.98 Å². The maximum atomic E-state index is 13.3. The lowest BCUT2D eigenvalue weighted by atomic mass is 10.1. The number of ether oxygens (including phenoxy) is 2. The van der Waals surface area contributed by atoms with E-state index >= 15 is 0 Å². The largest absolute Gasteiger partial charge is 0.497 e. The van der Waals surface area contributed by atoms with Crippen LogP contribution in [-0.2, 0) is 16.3 Å². The molecule has 0 bridgehead atoms. The average Bonchev–Trinajstić information content (AvgIpc) is 3.34. The lowest BCUT2D eigenvalue weighted by Crippen LogP contribution is -2.39. The smallest absolute Gasteiger partial charge is 0.185 e. The number of thiazole rings is 1. The van der Waals surface area contributed by atoms with E-state index < -0.39 is 15.1 Å². The zero-order valence-electron chi connectivity index (χ0n) is 19.3. The van der Waals surface area contributed by atoms with Crippen LogP contribution >= 0.6 is 11.3 Å². The quantitative estimate of drug-likeness (QED) is 0.435. The van der Waals surface area contributed by atoms with Gasteiger partial charge in [-0.3, -0.25) is 0 Å². The molecule has 1 aliphatic rings. The fourth-order valence-corrected chi connectivity index (χ4v) is 6.98. The summed E-state index contributed by atoms with van der Waals surface area (Å²) in [5.74, 6) is 0.895. The second-order valence-electron chi connectivity index (χ2n) is 8.21. The van der Waals surface area contributed by atoms with Crippen molar-refractivity contribution >= 4 is 26.3 Å². The minimum atomic E-state index is -3.51. The molecular weight excluding hydrogens is 456 g/mol. The van der Waals surface area contributed by atoms with Crippen molar-refractivity contribution in [2.75, 3.05) is 32.2 Å². The Balaban J connectivity index is 1.44. The molecule has 1 saturated heterocycles. The van der Waals surface area contributed by atoms with Crippen LogP contribution in [-0.4, -0.2) is 46.0 Å². The number of aromatic nitrogens is 1. The first-order valence-electron chi connectivity index (χ1n) is 11.2. The zero-order chi connectivity index (χ0) is 23.4. The summed E-state index contributed by atoms with van der Waals surface area (Å²) in [5, 5.41) is 2.58. The molecule has 176 valence electrons. The topological polar surface area (TPSA) is 68.7 Å². The second-order valence-corrected chi connectivity index (χ2v) is 11.2. The molecule has 0 N–H and O–H groups in total. The molecule has 0 atom stereocenters. The molecule has 0 saturated carbocycles. The van der Waals surface area contributed by atoms with Gasteiger partial charge in [-0.2, -0.15) is 0 Å². The second kappa shape index (κ2) is 10.1. The third kappa shape index (κ3) is 5.01. The molecule has 2 heterocycles. The van der Waals surface area contributed by atoms with Crippen molar-refractivity contribution in [3.63, 3.8) is 0 Å². The van der Waals surface area contributed by atoms with Crippen molar-refractivity contribution in [2.24, 2.45) is 0 Å². The van der Waals surface area contributed by atoms with Crippen LogP contribution in [0.2, 0.25) is 0 Å². The summed E-state index contributed by atoms with van der Waals surface area (Å²) in [6.45, 7) is 3.50. The fourth-order valence-electron chi connectivity index (χ4n) is 4.22. The minimum absolute atomic E-state index is 0.229. The van der Waals surface area contributed by atoms with Gasteiger partial charge >= 0.3 is 0 Å². The molecule has 0 aliphatic carbocycles. The van der Waals surface area contributed by atoms with E-state index in [2.05, 4.69) is 41.5 Å². The number of benzene rings is 2. The van der Waals surface area contributed by atoms with E-state index in [1.54, 1.807) is 36.6 Å². The van der Waals surface area contributed by atoms with Crippen molar-refractivity contribution in [1.29, 1.82) is 0 Å². The average molecular weight is 487 g/mol. The van der Waals surface area contributed by atoms with Gasteiger partial charge in [0.2, 0.25) is 0 Å². The van der Waals surface area contributed by atoms with Crippen molar-refractivity contribution in [3.8, 4) is 22.8 Å². The highest BCUT2D eigenvalue weighted by molar-refractivity contribution is 7.92. The minimum Gasteiger partial charge on any atom is -0.497 e. The molecule has 3 aromatic rings. The Kier molecular flexibility index (Phi) is 7.24. The van der Waals surface area contributed by atoms with Gasteiger partial charge < -0.3 is 14.4 Å². The number of nitrogens with zero attached hydrogens (tertiary/aromatic N) is 2. The number of methoxy groups -OCH3 is 2. The lowest BCUT2D eigenvalue weighted by Gasteiger charge is -2.31. The maximum absolute atomic E-state index is 13.3. The summed E-state index contributed by atoms with van der Waals surface area (Å²) in [4.78, 5) is 7.25. The Bertz CT molecular complexity index is 1180.